The van der Waals surface area contributed by atoms with Gasteiger partial charge in [0.1, 0.15) is 17.4 Å². The number of nitrogens with zero attached hydrogens (tertiary/aromatic N) is 5. The molecule has 1 fully saturated rings. The second-order valence-corrected chi connectivity index (χ2v) is 8.24. The Hall–Kier alpha value is -3.04. The predicted molar refractivity (Wildman–Crippen MR) is 119 cm³/mol. The first-order valence-electron chi connectivity index (χ1n) is 11.6. The van der Waals surface area contributed by atoms with E-state index in [0.717, 1.165) is 62.0 Å². The molecule has 174 valence electrons. The Kier molecular flexibility index (Phi) is 7.28. The number of piperidine rings is 1. The predicted octanol–water partition coefficient (Wildman–Crippen LogP) is 2.41. The molecule has 10 heteroatoms. The summed E-state index contributed by atoms with van der Waals surface area (Å²) in [6.07, 6.45) is 5.92. The second-order valence-electron chi connectivity index (χ2n) is 8.24. The molecule has 1 amide bonds. The fourth-order valence-electron chi connectivity index (χ4n) is 4.25. The molecule has 2 aliphatic rings. The molecule has 0 aromatic carbocycles. The van der Waals surface area contributed by atoms with Crippen LogP contribution in [0, 0.1) is 6.92 Å². The van der Waals surface area contributed by atoms with Gasteiger partial charge in [0.25, 0.3) is 0 Å². The minimum absolute atomic E-state index is 0.0689. The average Bonchev–Trinajstić information content (AvgIpc) is 3.43. The number of aromatic nitrogens is 3. The standard InChI is InChI=1S/C22H33N7O3/c1-3-31-22(30)28-13-9-17(10-14-28)25-21(23-11-8-18-6-5-15-32-18)26-19-7-4-12-29-20(19)24-16(2)27-29/h5-6,15,17,19H,3-4,7-14H2,1-2H3,(H2,23,25,26). The molecule has 4 rings (SSSR count). The van der Waals surface area contributed by atoms with Gasteiger partial charge in [-0.05, 0) is 51.7 Å². The number of likely N-dealkylation sites (tertiary alicyclic amines) is 1. The summed E-state index contributed by atoms with van der Waals surface area (Å²) in [7, 11) is 0. The fraction of sp³-hybridized carbons (Fsp3) is 0.636. The van der Waals surface area contributed by atoms with Crippen LogP contribution in [0.1, 0.15) is 56.1 Å². The van der Waals surface area contributed by atoms with Gasteiger partial charge in [-0.15, -0.1) is 0 Å². The number of hydrogen-bond acceptors (Lipinski definition) is 6. The Balaban J connectivity index is 1.40. The van der Waals surface area contributed by atoms with Crippen LogP contribution in [-0.2, 0) is 17.7 Å². The van der Waals surface area contributed by atoms with E-state index in [1.165, 1.54) is 0 Å². The summed E-state index contributed by atoms with van der Waals surface area (Å²) >= 11 is 0. The number of aliphatic imine (C=N–C) groups is 1. The van der Waals surface area contributed by atoms with Crippen LogP contribution in [0.2, 0.25) is 0 Å². The van der Waals surface area contributed by atoms with Gasteiger partial charge in [0, 0.05) is 38.6 Å². The van der Waals surface area contributed by atoms with Gasteiger partial charge in [0.2, 0.25) is 0 Å². The molecular formula is C22H33N7O3. The summed E-state index contributed by atoms with van der Waals surface area (Å²) < 4.78 is 12.6. The lowest BCUT2D eigenvalue weighted by Crippen LogP contribution is -2.51. The number of guanidine groups is 1. The third kappa shape index (κ3) is 5.60. The van der Waals surface area contributed by atoms with E-state index in [0.29, 0.717) is 26.2 Å². The molecule has 1 saturated heterocycles. The van der Waals surface area contributed by atoms with E-state index in [1.807, 2.05) is 30.7 Å². The van der Waals surface area contributed by atoms with E-state index in [4.69, 9.17) is 14.1 Å². The largest absolute Gasteiger partial charge is 0.469 e. The number of carbonyl (C=O) groups is 1. The minimum Gasteiger partial charge on any atom is -0.469 e. The molecule has 1 unspecified atom stereocenters. The Morgan fingerprint density at radius 2 is 2.12 bits per heavy atom. The van der Waals surface area contributed by atoms with Crippen molar-refractivity contribution in [1.82, 2.24) is 30.3 Å². The van der Waals surface area contributed by atoms with Crippen LogP contribution in [0.25, 0.3) is 0 Å². The number of nitrogens with one attached hydrogen (secondary N) is 2. The molecule has 2 N–H and O–H groups in total. The third-order valence-electron chi connectivity index (χ3n) is 5.86. The maximum Gasteiger partial charge on any atom is 0.409 e. The first-order valence-corrected chi connectivity index (χ1v) is 11.6. The van der Waals surface area contributed by atoms with E-state index in [9.17, 15) is 4.79 Å². The van der Waals surface area contributed by atoms with Crippen molar-refractivity contribution in [3.8, 4) is 0 Å². The summed E-state index contributed by atoms with van der Waals surface area (Å²) in [6.45, 7) is 7.02. The van der Waals surface area contributed by atoms with Crippen molar-refractivity contribution in [3.63, 3.8) is 0 Å². The van der Waals surface area contributed by atoms with Crippen molar-refractivity contribution in [3.05, 3.63) is 35.8 Å². The molecule has 32 heavy (non-hydrogen) atoms. The van der Waals surface area contributed by atoms with E-state index in [1.54, 1.807) is 11.2 Å². The molecule has 2 aromatic rings. The molecule has 2 aromatic heterocycles. The molecule has 10 nitrogen and oxygen atoms in total. The third-order valence-corrected chi connectivity index (χ3v) is 5.86. The zero-order valence-electron chi connectivity index (χ0n) is 18.9. The first-order chi connectivity index (χ1) is 15.6. The molecule has 1 atom stereocenters. The zero-order valence-corrected chi connectivity index (χ0v) is 18.9. The summed E-state index contributed by atoms with van der Waals surface area (Å²) in [5, 5.41) is 11.7. The molecule has 0 aliphatic carbocycles. The van der Waals surface area contributed by atoms with Crippen molar-refractivity contribution in [2.24, 2.45) is 4.99 Å². The first kappa shape index (κ1) is 22.2. The molecular weight excluding hydrogens is 410 g/mol. The highest BCUT2D eigenvalue weighted by molar-refractivity contribution is 5.80. The van der Waals surface area contributed by atoms with E-state index < -0.39 is 0 Å². The number of carbonyl (C=O) groups excluding carboxylic acids is 1. The quantitative estimate of drug-likeness (QED) is 0.521. The summed E-state index contributed by atoms with van der Waals surface area (Å²) in [4.78, 5) is 23.2. The van der Waals surface area contributed by atoms with Gasteiger partial charge < -0.3 is 24.7 Å². The highest BCUT2D eigenvalue weighted by Gasteiger charge is 2.27. The SMILES string of the molecule is CCOC(=O)N1CCC(NC(=NCCc2ccco2)NC2CCCn3nc(C)nc32)CC1. The smallest absolute Gasteiger partial charge is 0.409 e. The lowest BCUT2D eigenvalue weighted by atomic mass is 10.1. The van der Waals surface area contributed by atoms with Gasteiger partial charge in [-0.3, -0.25) is 4.99 Å². The second kappa shape index (κ2) is 10.5. The van der Waals surface area contributed by atoms with Crippen LogP contribution in [0.15, 0.2) is 27.8 Å². The minimum atomic E-state index is -0.228. The maximum atomic E-state index is 12.0. The number of amides is 1. The molecule has 4 heterocycles. The van der Waals surface area contributed by atoms with Gasteiger partial charge in [-0.2, -0.15) is 5.10 Å². The number of fused-ring (bicyclic) bond motifs is 1. The Labute approximate surface area is 188 Å². The van der Waals surface area contributed by atoms with Crippen molar-refractivity contribution >= 4 is 12.1 Å². The summed E-state index contributed by atoms with van der Waals surface area (Å²) in [6, 6.07) is 4.16. The summed E-state index contributed by atoms with van der Waals surface area (Å²) in [5.74, 6) is 3.45. The highest BCUT2D eigenvalue weighted by atomic mass is 16.6. The van der Waals surface area contributed by atoms with E-state index in [-0.39, 0.29) is 18.2 Å². The lowest BCUT2D eigenvalue weighted by molar-refractivity contribution is 0.0963. The van der Waals surface area contributed by atoms with Gasteiger partial charge >= 0.3 is 6.09 Å². The van der Waals surface area contributed by atoms with Crippen molar-refractivity contribution in [2.45, 2.75) is 64.6 Å². The lowest BCUT2D eigenvalue weighted by Gasteiger charge is -2.33. The Morgan fingerprint density at radius 3 is 2.88 bits per heavy atom. The normalized spacial score (nSPS) is 19.5. The van der Waals surface area contributed by atoms with Gasteiger partial charge in [0.05, 0.1) is 18.9 Å². The van der Waals surface area contributed by atoms with Gasteiger partial charge in [0.15, 0.2) is 5.96 Å². The monoisotopic (exact) mass is 443 g/mol. The number of ether oxygens (including phenoxy) is 1. The van der Waals surface area contributed by atoms with Gasteiger partial charge in [-0.25, -0.2) is 14.5 Å². The number of furan rings is 1. The molecule has 0 spiro atoms. The fourth-order valence-corrected chi connectivity index (χ4v) is 4.25. The molecule has 0 radical (unpaired) electrons. The number of hydrogen-bond donors (Lipinski definition) is 2. The summed E-state index contributed by atoms with van der Waals surface area (Å²) in [5.41, 5.74) is 0. The van der Waals surface area contributed by atoms with E-state index >= 15 is 0 Å². The van der Waals surface area contributed by atoms with E-state index in [2.05, 4.69) is 20.7 Å². The topological polar surface area (TPSA) is 110 Å². The Morgan fingerprint density at radius 1 is 1.28 bits per heavy atom. The number of aryl methyl sites for hydroxylation is 2. The van der Waals surface area contributed by atoms with Crippen LogP contribution in [0.3, 0.4) is 0 Å². The van der Waals surface area contributed by atoms with Crippen molar-refractivity contribution < 1.29 is 13.9 Å². The maximum absolute atomic E-state index is 12.0. The van der Waals surface area contributed by atoms with Crippen LogP contribution in [0.5, 0.6) is 0 Å². The van der Waals surface area contributed by atoms with Crippen LogP contribution >= 0.6 is 0 Å². The van der Waals surface area contributed by atoms with Crippen molar-refractivity contribution in [2.75, 3.05) is 26.2 Å². The van der Waals surface area contributed by atoms with Crippen LogP contribution in [0.4, 0.5) is 4.79 Å². The molecule has 2 aliphatic heterocycles. The molecule has 0 bridgehead atoms. The average molecular weight is 444 g/mol. The number of rotatable bonds is 6. The Bertz CT molecular complexity index is 901. The van der Waals surface area contributed by atoms with Crippen molar-refractivity contribution in [1.29, 1.82) is 0 Å². The van der Waals surface area contributed by atoms with Crippen LogP contribution in [-0.4, -0.2) is 64.0 Å². The van der Waals surface area contributed by atoms with Gasteiger partial charge in [-0.1, -0.05) is 0 Å². The highest BCUT2D eigenvalue weighted by Crippen LogP contribution is 2.23. The zero-order chi connectivity index (χ0) is 22.3. The van der Waals surface area contributed by atoms with Crippen LogP contribution < -0.4 is 10.6 Å². The molecule has 0 saturated carbocycles.